The van der Waals surface area contributed by atoms with Gasteiger partial charge in [0.25, 0.3) is 15.8 Å². The Kier molecular flexibility index (Phi) is 6.22. The number of halogens is 1. The Balaban J connectivity index is 1.92. The van der Waals surface area contributed by atoms with Crippen LogP contribution in [-0.4, -0.2) is 44.8 Å². The Bertz CT molecular complexity index is 1220. The van der Waals surface area contributed by atoms with E-state index >= 15 is 0 Å². The number of aromatic carboxylic acids is 1. The summed E-state index contributed by atoms with van der Waals surface area (Å²) in [7, 11) is -4.45. The summed E-state index contributed by atoms with van der Waals surface area (Å²) in [5.74, 6) is -2.71. The molecule has 0 spiro atoms. The van der Waals surface area contributed by atoms with Gasteiger partial charge in [-0.3, -0.25) is 14.3 Å². The fraction of sp³-hybridized carbons (Fsp3) is 0.118. The molecule has 0 radical (unpaired) electrons. The molecule has 0 aliphatic carbocycles. The minimum Gasteiger partial charge on any atom is -0.478 e. The lowest BCUT2D eigenvalue weighted by atomic mass is 10.0. The largest absolute Gasteiger partial charge is 0.478 e. The summed E-state index contributed by atoms with van der Waals surface area (Å²) in [5, 5.41) is 34.0. The summed E-state index contributed by atoms with van der Waals surface area (Å²) in [6.45, 7) is 0. The average molecular weight is 449 g/mol. The number of benzene rings is 2. The Morgan fingerprint density at radius 2 is 1.81 bits per heavy atom. The number of non-ortho nitro benzene ring substituents is 1. The van der Waals surface area contributed by atoms with E-state index < -0.39 is 38.5 Å². The zero-order chi connectivity index (χ0) is 22.6. The molecule has 160 valence electrons. The number of aromatic nitrogens is 4. The molecular weight excluding hydrogens is 437 g/mol. The molecule has 0 amide bonds. The number of nitro groups is 1. The maximum Gasteiger partial charge on any atom is 0.338 e. The minimum atomic E-state index is -4.45. The van der Waals surface area contributed by atoms with E-state index in [2.05, 4.69) is 20.4 Å². The van der Waals surface area contributed by atoms with Crippen molar-refractivity contribution < 1.29 is 31.8 Å². The topological polar surface area (TPSA) is 175 Å². The van der Waals surface area contributed by atoms with Gasteiger partial charge in [0.1, 0.15) is 11.9 Å². The number of carboxylic acid groups (broad SMARTS) is 1. The average Bonchev–Trinajstić information content (AvgIpc) is 2.73. The van der Waals surface area contributed by atoms with Crippen LogP contribution in [0.5, 0.6) is 0 Å². The molecule has 3 aromatic rings. The standard InChI is InChI=1S/C17H12FN5O7S/c18-14-7-10(1-6-13(14)17(24)25)8-15(16-21-19-9-20-22-16)30-31(28,29)12-4-2-11(3-5-12)23(26)27/h1-7,9,15H,8H2,(H,24,25). The van der Waals surface area contributed by atoms with E-state index in [0.29, 0.717) is 0 Å². The molecule has 0 bridgehead atoms. The van der Waals surface area contributed by atoms with Crippen molar-refractivity contribution in [3.8, 4) is 0 Å². The normalized spacial score (nSPS) is 12.3. The fourth-order valence-corrected chi connectivity index (χ4v) is 3.57. The van der Waals surface area contributed by atoms with Crippen LogP contribution in [0.1, 0.15) is 27.8 Å². The minimum absolute atomic E-state index is 0.193. The Hall–Kier alpha value is -3.91. The summed E-state index contributed by atoms with van der Waals surface area (Å²) in [5.41, 5.74) is -0.679. The van der Waals surface area contributed by atoms with E-state index in [4.69, 9.17) is 9.29 Å². The summed E-state index contributed by atoms with van der Waals surface area (Å²) in [6.07, 6.45) is -0.653. The molecule has 1 aromatic heterocycles. The van der Waals surface area contributed by atoms with E-state index in [1.165, 1.54) is 6.07 Å². The summed E-state index contributed by atoms with van der Waals surface area (Å²) >= 11 is 0. The predicted molar refractivity (Wildman–Crippen MR) is 98.8 cm³/mol. The van der Waals surface area contributed by atoms with E-state index in [0.717, 1.165) is 42.7 Å². The van der Waals surface area contributed by atoms with Gasteiger partial charge < -0.3 is 5.11 Å². The van der Waals surface area contributed by atoms with Crippen LogP contribution in [0.2, 0.25) is 0 Å². The lowest BCUT2D eigenvalue weighted by Crippen LogP contribution is -2.18. The number of rotatable bonds is 8. The van der Waals surface area contributed by atoms with Gasteiger partial charge in [0, 0.05) is 18.6 Å². The molecule has 14 heteroatoms. The molecule has 31 heavy (non-hydrogen) atoms. The van der Waals surface area contributed by atoms with Gasteiger partial charge >= 0.3 is 5.97 Å². The second-order valence-electron chi connectivity index (χ2n) is 6.02. The summed E-state index contributed by atoms with van der Waals surface area (Å²) < 4.78 is 44.5. The third-order valence-electron chi connectivity index (χ3n) is 3.98. The zero-order valence-corrected chi connectivity index (χ0v) is 16.1. The van der Waals surface area contributed by atoms with Crippen molar-refractivity contribution in [1.82, 2.24) is 20.4 Å². The lowest BCUT2D eigenvalue weighted by Gasteiger charge is -2.16. The van der Waals surface area contributed by atoms with E-state index in [1.54, 1.807) is 0 Å². The highest BCUT2D eigenvalue weighted by Crippen LogP contribution is 2.26. The molecule has 0 saturated heterocycles. The van der Waals surface area contributed by atoms with Gasteiger partial charge in [0.05, 0.1) is 15.4 Å². The summed E-state index contributed by atoms with van der Waals surface area (Å²) in [6, 6.07) is 7.20. The highest BCUT2D eigenvalue weighted by atomic mass is 32.2. The van der Waals surface area contributed by atoms with Crippen LogP contribution >= 0.6 is 0 Å². The number of hydrogen-bond acceptors (Lipinski definition) is 10. The molecule has 0 aliphatic rings. The zero-order valence-electron chi connectivity index (χ0n) is 15.3. The predicted octanol–water partition coefficient (Wildman–Crippen LogP) is 1.70. The Morgan fingerprint density at radius 1 is 1.16 bits per heavy atom. The van der Waals surface area contributed by atoms with Crippen molar-refractivity contribution >= 4 is 21.8 Å². The van der Waals surface area contributed by atoms with Crippen molar-refractivity contribution in [3.63, 3.8) is 0 Å². The van der Waals surface area contributed by atoms with Crippen molar-refractivity contribution in [2.24, 2.45) is 0 Å². The monoisotopic (exact) mass is 449 g/mol. The molecule has 1 N–H and O–H groups in total. The SMILES string of the molecule is O=C(O)c1ccc(CC(OS(=O)(=O)c2ccc([N+](=O)[O-])cc2)c2nncnn2)cc1F. The van der Waals surface area contributed by atoms with Gasteiger partial charge in [-0.05, 0) is 29.8 Å². The van der Waals surface area contributed by atoms with Crippen molar-refractivity contribution in [2.75, 3.05) is 0 Å². The van der Waals surface area contributed by atoms with Gasteiger partial charge in [0.2, 0.25) is 5.82 Å². The van der Waals surface area contributed by atoms with Crippen molar-refractivity contribution in [1.29, 1.82) is 0 Å². The van der Waals surface area contributed by atoms with Gasteiger partial charge in [0.15, 0.2) is 6.33 Å². The number of hydrogen-bond donors (Lipinski definition) is 1. The first kappa shape index (κ1) is 21.8. The number of carboxylic acids is 1. The molecule has 1 atom stereocenters. The van der Waals surface area contributed by atoms with Crippen LogP contribution in [0.3, 0.4) is 0 Å². The van der Waals surface area contributed by atoms with Crippen LogP contribution < -0.4 is 0 Å². The van der Waals surface area contributed by atoms with Crippen LogP contribution in [0.4, 0.5) is 10.1 Å². The molecule has 12 nitrogen and oxygen atoms in total. The number of nitro benzene ring substituents is 1. The molecule has 3 rings (SSSR count). The Labute approximate surface area is 173 Å². The molecular formula is C17H12FN5O7S. The van der Waals surface area contributed by atoms with Crippen LogP contribution in [0, 0.1) is 15.9 Å². The smallest absolute Gasteiger partial charge is 0.338 e. The fourth-order valence-electron chi connectivity index (χ4n) is 2.53. The van der Waals surface area contributed by atoms with Gasteiger partial charge in [-0.1, -0.05) is 6.07 Å². The quantitative estimate of drug-likeness (QED) is 0.301. The summed E-state index contributed by atoms with van der Waals surface area (Å²) in [4.78, 5) is 20.7. The molecule has 1 heterocycles. The molecule has 2 aromatic carbocycles. The highest BCUT2D eigenvalue weighted by Gasteiger charge is 2.27. The molecule has 0 saturated carbocycles. The lowest BCUT2D eigenvalue weighted by molar-refractivity contribution is -0.384. The Morgan fingerprint density at radius 3 is 2.35 bits per heavy atom. The third kappa shape index (κ3) is 5.18. The van der Waals surface area contributed by atoms with Crippen LogP contribution in [0.15, 0.2) is 53.7 Å². The molecule has 0 fully saturated rings. The van der Waals surface area contributed by atoms with E-state index in [9.17, 15) is 27.7 Å². The maximum absolute atomic E-state index is 14.0. The van der Waals surface area contributed by atoms with E-state index in [-0.39, 0.29) is 28.4 Å². The van der Waals surface area contributed by atoms with Gasteiger partial charge in [-0.2, -0.15) is 8.42 Å². The van der Waals surface area contributed by atoms with Gasteiger partial charge in [-0.25, -0.2) is 9.18 Å². The van der Waals surface area contributed by atoms with Crippen molar-refractivity contribution in [2.45, 2.75) is 17.4 Å². The first-order valence-corrected chi connectivity index (χ1v) is 9.78. The first-order chi connectivity index (χ1) is 14.7. The van der Waals surface area contributed by atoms with Crippen LogP contribution in [-0.2, 0) is 20.7 Å². The van der Waals surface area contributed by atoms with Gasteiger partial charge in [-0.15, -0.1) is 20.4 Å². The maximum atomic E-state index is 14.0. The third-order valence-corrected chi connectivity index (χ3v) is 5.31. The van der Waals surface area contributed by atoms with Crippen LogP contribution in [0.25, 0.3) is 0 Å². The number of nitrogens with zero attached hydrogens (tertiary/aromatic N) is 5. The first-order valence-electron chi connectivity index (χ1n) is 8.37. The van der Waals surface area contributed by atoms with Crippen molar-refractivity contribution in [3.05, 3.63) is 81.7 Å². The molecule has 1 unspecified atom stereocenters. The number of carbonyl (C=O) groups is 1. The second-order valence-corrected chi connectivity index (χ2v) is 7.59. The molecule has 0 aliphatic heterocycles. The van der Waals surface area contributed by atoms with E-state index in [1.807, 2.05) is 0 Å². The second kappa shape index (κ2) is 8.85. The highest BCUT2D eigenvalue weighted by molar-refractivity contribution is 7.86.